The molecule has 1 aromatic carbocycles. The summed E-state index contributed by atoms with van der Waals surface area (Å²) in [5, 5.41) is 1.16. The molecule has 0 saturated carbocycles. The largest absolute Gasteiger partial charge is 0.350 e. The Bertz CT molecular complexity index is 653. The fourth-order valence-electron chi connectivity index (χ4n) is 2.88. The smallest absolute Gasteiger partial charge is 0.270 e. The summed E-state index contributed by atoms with van der Waals surface area (Å²) >= 11 is 0. The van der Waals surface area contributed by atoms with Crippen molar-refractivity contribution >= 4 is 16.8 Å². The van der Waals surface area contributed by atoms with Gasteiger partial charge in [0.2, 0.25) is 0 Å². The summed E-state index contributed by atoms with van der Waals surface area (Å²) in [6, 6.07) is 4.50. The first-order valence-corrected chi connectivity index (χ1v) is 7.27. The standard InChI is InChI=1S/C17H24N2O/c1-7-19(10(2)3)17(20)16-13(6)14-9-11(4)8-12(5)15(14)18-16/h8-10,18H,7H2,1-6H3. The zero-order chi connectivity index (χ0) is 15.0. The van der Waals surface area contributed by atoms with Crippen LogP contribution in [0.5, 0.6) is 0 Å². The predicted molar refractivity (Wildman–Crippen MR) is 84.4 cm³/mol. The SMILES string of the molecule is CCN(C(=O)c1[nH]c2c(C)cc(C)cc2c1C)C(C)C. The normalized spacial score (nSPS) is 11.3. The van der Waals surface area contributed by atoms with E-state index in [4.69, 9.17) is 0 Å². The monoisotopic (exact) mass is 272 g/mol. The predicted octanol–water partition coefficient (Wildman–Crippen LogP) is 3.96. The minimum atomic E-state index is 0.0910. The Morgan fingerprint density at radius 1 is 1.25 bits per heavy atom. The number of benzene rings is 1. The van der Waals surface area contributed by atoms with E-state index in [1.807, 2.05) is 18.7 Å². The molecule has 1 amide bonds. The number of amides is 1. The van der Waals surface area contributed by atoms with Gasteiger partial charge in [-0.15, -0.1) is 0 Å². The number of nitrogens with zero attached hydrogens (tertiary/aromatic N) is 1. The van der Waals surface area contributed by atoms with E-state index in [-0.39, 0.29) is 11.9 Å². The van der Waals surface area contributed by atoms with Gasteiger partial charge in [0.25, 0.3) is 5.91 Å². The zero-order valence-corrected chi connectivity index (χ0v) is 13.3. The summed E-state index contributed by atoms with van der Waals surface area (Å²) in [7, 11) is 0. The van der Waals surface area contributed by atoms with Crippen LogP contribution in [0, 0.1) is 20.8 Å². The van der Waals surface area contributed by atoms with Gasteiger partial charge in [-0.05, 0) is 58.7 Å². The van der Waals surface area contributed by atoms with E-state index in [9.17, 15) is 4.79 Å². The van der Waals surface area contributed by atoms with Gasteiger partial charge in [-0.25, -0.2) is 0 Å². The van der Waals surface area contributed by atoms with Crippen molar-refractivity contribution in [1.29, 1.82) is 0 Å². The van der Waals surface area contributed by atoms with Crippen molar-refractivity contribution in [3.05, 3.63) is 34.5 Å². The molecule has 0 aliphatic carbocycles. The second kappa shape index (κ2) is 5.31. The van der Waals surface area contributed by atoms with E-state index < -0.39 is 0 Å². The summed E-state index contributed by atoms with van der Waals surface area (Å²) in [6.07, 6.45) is 0. The molecule has 1 N–H and O–H groups in total. The van der Waals surface area contributed by atoms with Gasteiger partial charge < -0.3 is 9.88 Å². The van der Waals surface area contributed by atoms with Gasteiger partial charge in [0, 0.05) is 23.5 Å². The maximum absolute atomic E-state index is 12.7. The van der Waals surface area contributed by atoms with Crippen LogP contribution in [0.3, 0.4) is 0 Å². The summed E-state index contributed by atoms with van der Waals surface area (Å²) in [5.74, 6) is 0.0910. The molecule has 0 fully saturated rings. The summed E-state index contributed by atoms with van der Waals surface area (Å²) in [5.41, 5.74) is 5.28. The molecule has 0 saturated heterocycles. The molecule has 0 radical (unpaired) electrons. The molecule has 2 aromatic rings. The first-order chi connectivity index (χ1) is 9.36. The highest BCUT2D eigenvalue weighted by Gasteiger charge is 2.22. The number of rotatable bonds is 3. The molecular formula is C17H24N2O. The van der Waals surface area contributed by atoms with E-state index in [1.165, 1.54) is 11.1 Å². The van der Waals surface area contributed by atoms with Gasteiger partial charge >= 0.3 is 0 Å². The molecule has 1 heterocycles. The molecule has 0 aliphatic heterocycles. The van der Waals surface area contributed by atoms with Crippen molar-refractivity contribution < 1.29 is 4.79 Å². The highest BCUT2D eigenvalue weighted by Crippen LogP contribution is 2.27. The van der Waals surface area contributed by atoms with Gasteiger partial charge in [0.1, 0.15) is 5.69 Å². The van der Waals surface area contributed by atoms with Gasteiger partial charge in [0.15, 0.2) is 0 Å². The lowest BCUT2D eigenvalue weighted by Crippen LogP contribution is -2.37. The van der Waals surface area contributed by atoms with Crippen LogP contribution in [0.1, 0.15) is 48.0 Å². The molecule has 3 nitrogen and oxygen atoms in total. The van der Waals surface area contributed by atoms with Crippen LogP contribution in [0.4, 0.5) is 0 Å². The minimum Gasteiger partial charge on any atom is -0.350 e. The molecule has 0 atom stereocenters. The van der Waals surface area contributed by atoms with Gasteiger partial charge in [-0.2, -0.15) is 0 Å². The number of aromatic amines is 1. The Morgan fingerprint density at radius 2 is 1.90 bits per heavy atom. The fraction of sp³-hybridized carbons (Fsp3) is 0.471. The van der Waals surface area contributed by atoms with Crippen LogP contribution in [-0.2, 0) is 0 Å². The lowest BCUT2D eigenvalue weighted by atomic mass is 10.1. The molecule has 3 heteroatoms. The maximum atomic E-state index is 12.7. The third kappa shape index (κ3) is 2.33. The van der Waals surface area contributed by atoms with Gasteiger partial charge in [0.05, 0.1) is 0 Å². The van der Waals surface area contributed by atoms with Crippen LogP contribution >= 0.6 is 0 Å². The number of nitrogens with one attached hydrogen (secondary N) is 1. The van der Waals surface area contributed by atoms with Crippen molar-refractivity contribution in [3.8, 4) is 0 Å². The van der Waals surface area contributed by atoms with Crippen LogP contribution in [-0.4, -0.2) is 28.4 Å². The van der Waals surface area contributed by atoms with E-state index in [0.717, 1.165) is 28.7 Å². The minimum absolute atomic E-state index is 0.0910. The molecule has 1 aromatic heterocycles. The lowest BCUT2D eigenvalue weighted by molar-refractivity contribution is 0.0711. The number of aryl methyl sites for hydroxylation is 3. The van der Waals surface area contributed by atoms with Crippen molar-refractivity contribution in [2.45, 2.75) is 47.6 Å². The van der Waals surface area contributed by atoms with Crippen LogP contribution in [0.15, 0.2) is 12.1 Å². The van der Waals surface area contributed by atoms with Crippen molar-refractivity contribution in [2.24, 2.45) is 0 Å². The Kier molecular flexibility index (Phi) is 3.89. The Labute approximate surface area is 121 Å². The number of hydrogen-bond donors (Lipinski definition) is 1. The van der Waals surface area contributed by atoms with E-state index in [0.29, 0.717) is 0 Å². The van der Waals surface area contributed by atoms with Gasteiger partial charge in [-0.1, -0.05) is 11.6 Å². The topological polar surface area (TPSA) is 36.1 Å². The molecule has 108 valence electrons. The zero-order valence-electron chi connectivity index (χ0n) is 13.3. The average molecular weight is 272 g/mol. The highest BCUT2D eigenvalue weighted by atomic mass is 16.2. The van der Waals surface area contributed by atoms with Crippen LogP contribution in [0.25, 0.3) is 10.9 Å². The Balaban J connectivity index is 2.58. The lowest BCUT2D eigenvalue weighted by Gasteiger charge is -2.24. The molecule has 0 unspecified atom stereocenters. The summed E-state index contributed by atoms with van der Waals surface area (Å²) < 4.78 is 0. The maximum Gasteiger partial charge on any atom is 0.270 e. The number of H-pyrrole nitrogens is 1. The fourth-order valence-corrected chi connectivity index (χ4v) is 2.88. The van der Waals surface area contributed by atoms with E-state index >= 15 is 0 Å². The van der Waals surface area contributed by atoms with E-state index in [2.05, 4.69) is 44.8 Å². The van der Waals surface area contributed by atoms with Crippen molar-refractivity contribution in [2.75, 3.05) is 6.54 Å². The van der Waals surface area contributed by atoms with Crippen molar-refractivity contribution in [1.82, 2.24) is 9.88 Å². The van der Waals surface area contributed by atoms with Crippen LogP contribution in [0.2, 0.25) is 0 Å². The number of hydrogen-bond acceptors (Lipinski definition) is 1. The molecule has 0 bridgehead atoms. The Morgan fingerprint density at radius 3 is 2.45 bits per heavy atom. The summed E-state index contributed by atoms with van der Waals surface area (Å²) in [4.78, 5) is 17.9. The summed E-state index contributed by atoms with van der Waals surface area (Å²) in [6.45, 7) is 13.0. The first kappa shape index (κ1) is 14.6. The molecular weight excluding hydrogens is 248 g/mol. The number of carbonyl (C=O) groups excluding carboxylic acids is 1. The third-order valence-electron chi connectivity index (χ3n) is 3.95. The third-order valence-corrected chi connectivity index (χ3v) is 3.95. The molecule has 0 aliphatic rings. The second-order valence-electron chi connectivity index (χ2n) is 5.81. The van der Waals surface area contributed by atoms with E-state index in [1.54, 1.807) is 0 Å². The Hall–Kier alpha value is -1.77. The highest BCUT2D eigenvalue weighted by molar-refractivity contribution is 6.01. The van der Waals surface area contributed by atoms with Crippen LogP contribution < -0.4 is 0 Å². The number of carbonyl (C=O) groups is 1. The number of fused-ring (bicyclic) bond motifs is 1. The quantitative estimate of drug-likeness (QED) is 0.902. The molecule has 20 heavy (non-hydrogen) atoms. The second-order valence-corrected chi connectivity index (χ2v) is 5.81. The molecule has 0 spiro atoms. The van der Waals surface area contributed by atoms with Gasteiger partial charge in [-0.3, -0.25) is 4.79 Å². The van der Waals surface area contributed by atoms with Crippen molar-refractivity contribution in [3.63, 3.8) is 0 Å². The molecule has 2 rings (SSSR count). The first-order valence-electron chi connectivity index (χ1n) is 7.27. The number of aromatic nitrogens is 1. The average Bonchev–Trinajstić information content (AvgIpc) is 2.68.